The first-order chi connectivity index (χ1) is 10.8. The number of amides is 2. The van der Waals surface area contributed by atoms with Crippen molar-refractivity contribution in [1.82, 2.24) is 10.3 Å². The van der Waals surface area contributed by atoms with Crippen LogP contribution < -0.4 is 16.4 Å². The summed E-state index contributed by atoms with van der Waals surface area (Å²) in [6, 6.07) is 5.61. The van der Waals surface area contributed by atoms with Gasteiger partial charge in [0.05, 0.1) is 11.3 Å². The van der Waals surface area contributed by atoms with Crippen LogP contribution in [0, 0.1) is 0 Å². The zero-order chi connectivity index (χ0) is 17.0. The summed E-state index contributed by atoms with van der Waals surface area (Å²) in [5, 5.41) is 4.61. The molecule has 9 heteroatoms. The van der Waals surface area contributed by atoms with Crippen LogP contribution in [0.15, 0.2) is 41.0 Å². The summed E-state index contributed by atoms with van der Waals surface area (Å²) < 4.78 is 39.2. The summed E-state index contributed by atoms with van der Waals surface area (Å²) >= 11 is 3.22. The summed E-state index contributed by atoms with van der Waals surface area (Å²) in [4.78, 5) is 15.7. The summed E-state index contributed by atoms with van der Waals surface area (Å²) in [7, 11) is 0. The first-order valence-electron chi connectivity index (χ1n) is 6.38. The minimum atomic E-state index is -4.55. The molecule has 0 fully saturated rings. The maximum Gasteiger partial charge on any atom is 0.418 e. The fraction of sp³-hybridized carbons (Fsp3) is 0.143. The number of nitrogens with two attached hydrogens (primary N) is 1. The molecule has 1 heterocycles. The van der Waals surface area contributed by atoms with Crippen molar-refractivity contribution in [3.8, 4) is 0 Å². The Morgan fingerprint density at radius 3 is 2.70 bits per heavy atom. The minimum absolute atomic E-state index is 0.0261. The van der Waals surface area contributed by atoms with Crippen molar-refractivity contribution in [3.63, 3.8) is 0 Å². The highest BCUT2D eigenvalue weighted by Crippen LogP contribution is 2.34. The van der Waals surface area contributed by atoms with E-state index in [-0.39, 0.29) is 18.1 Å². The van der Waals surface area contributed by atoms with Gasteiger partial charge < -0.3 is 16.4 Å². The van der Waals surface area contributed by atoms with Crippen molar-refractivity contribution in [3.05, 3.63) is 52.1 Å². The average Bonchev–Trinajstić information content (AvgIpc) is 2.47. The van der Waals surface area contributed by atoms with E-state index < -0.39 is 17.8 Å². The number of hydrogen-bond donors (Lipinski definition) is 3. The molecule has 0 aliphatic carbocycles. The summed E-state index contributed by atoms with van der Waals surface area (Å²) in [5.41, 5.74) is 4.96. The number of para-hydroxylation sites is 1. The van der Waals surface area contributed by atoms with E-state index in [0.29, 0.717) is 10.0 Å². The molecule has 0 spiro atoms. The molecule has 2 rings (SSSR count). The molecule has 0 unspecified atom stereocenters. The predicted octanol–water partition coefficient (Wildman–Crippen LogP) is 3.77. The van der Waals surface area contributed by atoms with Gasteiger partial charge in [-0.2, -0.15) is 13.2 Å². The number of rotatable bonds is 3. The van der Waals surface area contributed by atoms with Crippen LogP contribution in [0.1, 0.15) is 11.1 Å². The van der Waals surface area contributed by atoms with Crippen LogP contribution >= 0.6 is 15.9 Å². The number of halogens is 4. The monoisotopic (exact) mass is 388 g/mol. The highest BCUT2D eigenvalue weighted by molar-refractivity contribution is 9.10. The quantitative estimate of drug-likeness (QED) is 0.748. The molecule has 5 nitrogen and oxygen atoms in total. The number of pyridine rings is 1. The van der Waals surface area contributed by atoms with Crippen LogP contribution in [0.5, 0.6) is 0 Å². The lowest BCUT2D eigenvalue weighted by atomic mass is 10.1. The number of carbonyl (C=O) groups excluding carboxylic acids is 1. The molecule has 122 valence electrons. The van der Waals surface area contributed by atoms with Gasteiger partial charge in [-0.3, -0.25) is 0 Å². The lowest BCUT2D eigenvalue weighted by Crippen LogP contribution is -2.29. The van der Waals surface area contributed by atoms with Gasteiger partial charge in [-0.15, -0.1) is 0 Å². The fourth-order valence-electron chi connectivity index (χ4n) is 1.81. The Balaban J connectivity index is 2.05. The van der Waals surface area contributed by atoms with E-state index in [0.717, 1.165) is 6.07 Å². The first-order valence-corrected chi connectivity index (χ1v) is 7.17. The first kappa shape index (κ1) is 17.1. The van der Waals surface area contributed by atoms with Crippen molar-refractivity contribution in [2.45, 2.75) is 12.7 Å². The summed E-state index contributed by atoms with van der Waals surface area (Å²) in [6.07, 6.45) is -3.05. The number of carbonyl (C=O) groups is 1. The van der Waals surface area contributed by atoms with Gasteiger partial charge in [0.1, 0.15) is 5.82 Å². The second kappa shape index (κ2) is 6.86. The van der Waals surface area contributed by atoms with Gasteiger partial charge in [-0.05, 0) is 34.1 Å². The van der Waals surface area contributed by atoms with Crippen molar-refractivity contribution < 1.29 is 18.0 Å². The molecule has 0 saturated carbocycles. The highest BCUT2D eigenvalue weighted by atomic mass is 79.9. The molecular weight excluding hydrogens is 377 g/mol. The predicted molar refractivity (Wildman–Crippen MR) is 83.7 cm³/mol. The molecule has 0 atom stereocenters. The van der Waals surface area contributed by atoms with Crippen molar-refractivity contribution >= 4 is 33.5 Å². The largest absolute Gasteiger partial charge is 0.418 e. The molecule has 2 amide bonds. The Labute approximate surface area is 138 Å². The van der Waals surface area contributed by atoms with Crippen molar-refractivity contribution in [1.29, 1.82) is 0 Å². The second-order valence-corrected chi connectivity index (χ2v) is 5.46. The standard InChI is InChI=1S/C14H12BrF3N4O/c15-9-5-8(12(19)20-7-9)6-21-13(23)22-11-4-2-1-3-10(11)14(16,17)18/h1-5,7H,6H2,(H2,19,20)(H2,21,22,23). The van der Waals surface area contributed by atoms with E-state index >= 15 is 0 Å². The number of nitrogens with zero attached hydrogens (tertiary/aromatic N) is 1. The number of anilines is 2. The van der Waals surface area contributed by atoms with Crippen LogP contribution in [0.2, 0.25) is 0 Å². The molecule has 0 aliphatic heterocycles. The van der Waals surface area contributed by atoms with E-state index in [4.69, 9.17) is 5.73 Å². The topological polar surface area (TPSA) is 80.0 Å². The Morgan fingerprint density at radius 1 is 1.30 bits per heavy atom. The van der Waals surface area contributed by atoms with Crippen LogP contribution in [-0.4, -0.2) is 11.0 Å². The van der Waals surface area contributed by atoms with Crippen molar-refractivity contribution in [2.24, 2.45) is 0 Å². The van der Waals surface area contributed by atoms with E-state index in [1.54, 1.807) is 6.07 Å². The zero-order valence-corrected chi connectivity index (χ0v) is 13.2. The van der Waals surface area contributed by atoms with Gasteiger partial charge >= 0.3 is 12.2 Å². The van der Waals surface area contributed by atoms with E-state index in [1.165, 1.54) is 24.4 Å². The zero-order valence-electron chi connectivity index (χ0n) is 11.6. The molecular formula is C14H12BrF3N4O. The summed E-state index contributed by atoms with van der Waals surface area (Å²) in [5.74, 6) is 0.226. The van der Waals surface area contributed by atoms with Gasteiger partial charge in [0.2, 0.25) is 0 Å². The minimum Gasteiger partial charge on any atom is -0.383 e. The lowest BCUT2D eigenvalue weighted by Gasteiger charge is -2.14. The number of aromatic nitrogens is 1. The third-order valence-corrected chi connectivity index (χ3v) is 3.32. The SMILES string of the molecule is Nc1ncc(Br)cc1CNC(=O)Nc1ccccc1C(F)(F)F. The molecule has 1 aromatic heterocycles. The van der Waals surface area contributed by atoms with Crippen LogP contribution in [0.25, 0.3) is 0 Å². The number of nitrogen functional groups attached to an aromatic ring is 1. The van der Waals surface area contributed by atoms with Crippen LogP contribution in [0.4, 0.5) is 29.5 Å². The van der Waals surface area contributed by atoms with Gasteiger partial charge in [0, 0.05) is 22.8 Å². The molecule has 2 aromatic rings. The lowest BCUT2D eigenvalue weighted by molar-refractivity contribution is -0.136. The second-order valence-electron chi connectivity index (χ2n) is 4.55. The normalized spacial score (nSPS) is 11.1. The van der Waals surface area contributed by atoms with Gasteiger partial charge in [-0.1, -0.05) is 12.1 Å². The molecule has 1 aromatic carbocycles. The number of benzene rings is 1. The third kappa shape index (κ3) is 4.59. The Hall–Kier alpha value is -2.29. The van der Waals surface area contributed by atoms with E-state index in [2.05, 4.69) is 31.5 Å². The van der Waals surface area contributed by atoms with Crippen LogP contribution in [0.3, 0.4) is 0 Å². The van der Waals surface area contributed by atoms with Gasteiger partial charge in [0.25, 0.3) is 0 Å². The Bertz CT molecular complexity index is 721. The third-order valence-electron chi connectivity index (χ3n) is 2.89. The van der Waals surface area contributed by atoms with Gasteiger partial charge in [-0.25, -0.2) is 9.78 Å². The average molecular weight is 389 g/mol. The fourth-order valence-corrected chi connectivity index (χ4v) is 2.19. The molecule has 0 aliphatic rings. The maximum absolute atomic E-state index is 12.8. The molecule has 0 bridgehead atoms. The highest BCUT2D eigenvalue weighted by Gasteiger charge is 2.33. The maximum atomic E-state index is 12.8. The summed E-state index contributed by atoms with van der Waals surface area (Å²) in [6.45, 7) is 0.0261. The molecule has 4 N–H and O–H groups in total. The number of nitrogens with one attached hydrogen (secondary N) is 2. The van der Waals surface area contributed by atoms with E-state index in [1.807, 2.05) is 0 Å². The number of hydrogen-bond acceptors (Lipinski definition) is 3. The number of urea groups is 1. The van der Waals surface area contributed by atoms with E-state index in [9.17, 15) is 18.0 Å². The Kier molecular flexibility index (Phi) is 5.09. The van der Waals surface area contributed by atoms with Gasteiger partial charge in [0.15, 0.2) is 0 Å². The molecule has 23 heavy (non-hydrogen) atoms. The molecule has 0 radical (unpaired) electrons. The molecule has 0 saturated heterocycles. The smallest absolute Gasteiger partial charge is 0.383 e. The van der Waals surface area contributed by atoms with Crippen molar-refractivity contribution in [2.75, 3.05) is 11.1 Å². The number of alkyl halides is 3. The Morgan fingerprint density at radius 2 is 2.00 bits per heavy atom. The van der Waals surface area contributed by atoms with Crippen LogP contribution in [-0.2, 0) is 12.7 Å².